The molecule has 122 valence electrons. The lowest BCUT2D eigenvalue weighted by molar-refractivity contribution is -0.148. The van der Waals surface area contributed by atoms with E-state index >= 15 is 0 Å². The number of methoxy groups -OCH3 is 1. The molecule has 1 saturated heterocycles. The Bertz CT molecular complexity index is 342. The van der Waals surface area contributed by atoms with Crippen LogP contribution in [0.25, 0.3) is 0 Å². The van der Waals surface area contributed by atoms with E-state index in [0.29, 0.717) is 12.1 Å². The molecule has 0 aromatic carbocycles. The van der Waals surface area contributed by atoms with Gasteiger partial charge < -0.3 is 19.7 Å². The Morgan fingerprint density at radius 3 is 2.57 bits per heavy atom. The van der Waals surface area contributed by atoms with Crippen molar-refractivity contribution in [3.8, 4) is 0 Å². The third kappa shape index (κ3) is 3.76. The van der Waals surface area contributed by atoms with Crippen LogP contribution >= 0.6 is 0 Å². The van der Waals surface area contributed by atoms with Crippen molar-refractivity contribution in [2.45, 2.75) is 63.6 Å². The predicted octanol–water partition coefficient (Wildman–Crippen LogP) is 1.56. The number of ether oxygens (including phenoxy) is 2. The van der Waals surface area contributed by atoms with Gasteiger partial charge in [0.15, 0.2) is 0 Å². The standard InChI is InChI=1S/C16H30N2O3/c1-4-17-16(15(19)20-3)9-6-13(12-16)18-10-7-14(8-11-18)21-5-2/h13-14,17H,4-12H2,1-3H3. The maximum atomic E-state index is 12.2. The van der Waals surface area contributed by atoms with E-state index in [1.54, 1.807) is 0 Å². The van der Waals surface area contributed by atoms with Gasteiger partial charge in [-0.25, -0.2) is 0 Å². The van der Waals surface area contributed by atoms with Crippen molar-refractivity contribution in [2.24, 2.45) is 0 Å². The van der Waals surface area contributed by atoms with Crippen LogP contribution < -0.4 is 5.32 Å². The normalized spacial score (nSPS) is 31.5. The second kappa shape index (κ2) is 7.56. The summed E-state index contributed by atoms with van der Waals surface area (Å²) >= 11 is 0. The molecule has 0 spiro atoms. The Balaban J connectivity index is 1.91. The van der Waals surface area contributed by atoms with E-state index in [2.05, 4.69) is 17.1 Å². The zero-order valence-electron chi connectivity index (χ0n) is 13.7. The first-order chi connectivity index (χ1) is 10.1. The summed E-state index contributed by atoms with van der Waals surface area (Å²) < 4.78 is 10.8. The van der Waals surface area contributed by atoms with E-state index in [9.17, 15) is 4.79 Å². The summed E-state index contributed by atoms with van der Waals surface area (Å²) in [6.07, 6.45) is 5.46. The molecule has 21 heavy (non-hydrogen) atoms. The van der Waals surface area contributed by atoms with Gasteiger partial charge in [0.25, 0.3) is 0 Å². The van der Waals surface area contributed by atoms with Gasteiger partial charge in [0.05, 0.1) is 13.2 Å². The largest absolute Gasteiger partial charge is 0.468 e. The first kappa shape index (κ1) is 16.7. The molecule has 0 radical (unpaired) electrons. The van der Waals surface area contributed by atoms with Gasteiger partial charge in [0.2, 0.25) is 0 Å². The number of rotatable bonds is 6. The topological polar surface area (TPSA) is 50.8 Å². The summed E-state index contributed by atoms with van der Waals surface area (Å²) in [6, 6.07) is 0.491. The molecule has 0 bridgehead atoms. The van der Waals surface area contributed by atoms with Gasteiger partial charge in [0, 0.05) is 25.7 Å². The molecule has 5 nitrogen and oxygen atoms in total. The summed E-state index contributed by atoms with van der Waals surface area (Å²) in [4.78, 5) is 14.7. The monoisotopic (exact) mass is 298 g/mol. The summed E-state index contributed by atoms with van der Waals surface area (Å²) in [5, 5.41) is 3.38. The number of carbonyl (C=O) groups is 1. The molecule has 2 fully saturated rings. The van der Waals surface area contributed by atoms with Crippen LogP contribution in [0, 0.1) is 0 Å². The van der Waals surface area contributed by atoms with Crippen LogP contribution in [0.1, 0.15) is 46.0 Å². The Morgan fingerprint density at radius 1 is 1.29 bits per heavy atom. The van der Waals surface area contributed by atoms with Crippen molar-refractivity contribution in [1.29, 1.82) is 0 Å². The third-order valence-corrected chi connectivity index (χ3v) is 4.98. The maximum absolute atomic E-state index is 12.2. The van der Waals surface area contributed by atoms with Crippen LogP contribution in [-0.2, 0) is 14.3 Å². The number of likely N-dealkylation sites (N-methyl/N-ethyl adjacent to an activating group) is 1. The van der Waals surface area contributed by atoms with Crippen molar-refractivity contribution >= 4 is 5.97 Å². The Labute approximate surface area is 128 Å². The van der Waals surface area contributed by atoms with Crippen LogP contribution in [0.15, 0.2) is 0 Å². The van der Waals surface area contributed by atoms with Crippen LogP contribution in [0.5, 0.6) is 0 Å². The number of esters is 1. The molecule has 1 saturated carbocycles. The first-order valence-corrected chi connectivity index (χ1v) is 8.34. The van der Waals surface area contributed by atoms with Gasteiger partial charge in [-0.3, -0.25) is 4.79 Å². The highest BCUT2D eigenvalue weighted by atomic mass is 16.5. The van der Waals surface area contributed by atoms with E-state index < -0.39 is 5.54 Å². The third-order valence-electron chi connectivity index (χ3n) is 4.98. The number of nitrogens with one attached hydrogen (secondary N) is 1. The highest BCUT2D eigenvalue weighted by Gasteiger charge is 2.47. The van der Waals surface area contributed by atoms with E-state index in [1.165, 1.54) is 7.11 Å². The molecule has 0 amide bonds. The van der Waals surface area contributed by atoms with Crippen LogP contribution in [-0.4, -0.2) is 61.9 Å². The Hall–Kier alpha value is -0.650. The predicted molar refractivity (Wildman–Crippen MR) is 82.3 cm³/mol. The molecular weight excluding hydrogens is 268 g/mol. The minimum atomic E-state index is -0.467. The molecule has 1 N–H and O–H groups in total. The lowest BCUT2D eigenvalue weighted by Gasteiger charge is -2.36. The smallest absolute Gasteiger partial charge is 0.326 e. The van der Waals surface area contributed by atoms with Crippen molar-refractivity contribution < 1.29 is 14.3 Å². The summed E-state index contributed by atoms with van der Waals surface area (Å²) in [7, 11) is 1.49. The molecule has 1 aliphatic heterocycles. The van der Waals surface area contributed by atoms with Crippen LogP contribution in [0.4, 0.5) is 0 Å². The van der Waals surface area contributed by atoms with Crippen molar-refractivity contribution in [1.82, 2.24) is 10.2 Å². The van der Waals surface area contributed by atoms with Crippen LogP contribution in [0.3, 0.4) is 0 Å². The van der Waals surface area contributed by atoms with E-state index in [1.807, 2.05) is 6.92 Å². The zero-order valence-corrected chi connectivity index (χ0v) is 13.7. The van der Waals surface area contributed by atoms with Crippen LogP contribution in [0.2, 0.25) is 0 Å². The average Bonchev–Trinajstić information content (AvgIpc) is 2.93. The molecule has 1 aliphatic carbocycles. The van der Waals surface area contributed by atoms with Crippen molar-refractivity contribution in [2.75, 3.05) is 33.4 Å². The number of carbonyl (C=O) groups excluding carboxylic acids is 1. The summed E-state index contributed by atoms with van der Waals surface area (Å²) in [6.45, 7) is 7.88. The Kier molecular flexibility index (Phi) is 6.02. The molecule has 0 aromatic rings. The van der Waals surface area contributed by atoms with Gasteiger partial charge in [-0.1, -0.05) is 6.92 Å². The van der Waals surface area contributed by atoms with E-state index in [-0.39, 0.29) is 5.97 Å². The average molecular weight is 298 g/mol. The fourth-order valence-corrected chi connectivity index (χ4v) is 3.93. The number of likely N-dealkylation sites (tertiary alicyclic amines) is 1. The summed E-state index contributed by atoms with van der Waals surface area (Å²) in [5.74, 6) is -0.101. The SMILES string of the molecule is CCNC1(C(=O)OC)CCC(N2CCC(OCC)CC2)C1. The van der Waals surface area contributed by atoms with Crippen molar-refractivity contribution in [3.05, 3.63) is 0 Å². The van der Waals surface area contributed by atoms with E-state index in [4.69, 9.17) is 9.47 Å². The number of nitrogens with zero attached hydrogens (tertiary/aromatic N) is 1. The zero-order chi connectivity index (χ0) is 15.3. The number of piperidine rings is 1. The lowest BCUT2D eigenvalue weighted by atomic mass is 9.96. The molecule has 5 heteroatoms. The molecule has 2 aliphatic rings. The summed E-state index contributed by atoms with van der Waals surface area (Å²) in [5.41, 5.74) is -0.467. The van der Waals surface area contributed by atoms with Gasteiger partial charge in [0.1, 0.15) is 5.54 Å². The molecule has 2 rings (SSSR count). The fourth-order valence-electron chi connectivity index (χ4n) is 3.93. The number of hydrogen-bond donors (Lipinski definition) is 1. The minimum absolute atomic E-state index is 0.101. The van der Waals surface area contributed by atoms with Gasteiger partial charge in [-0.15, -0.1) is 0 Å². The second-order valence-electron chi connectivity index (χ2n) is 6.19. The number of hydrogen-bond acceptors (Lipinski definition) is 5. The molecular formula is C16H30N2O3. The second-order valence-corrected chi connectivity index (χ2v) is 6.19. The highest BCUT2D eigenvalue weighted by molar-refractivity contribution is 5.81. The fraction of sp³-hybridized carbons (Fsp3) is 0.938. The Morgan fingerprint density at radius 2 is 2.00 bits per heavy atom. The quantitative estimate of drug-likeness (QED) is 0.754. The lowest BCUT2D eigenvalue weighted by Crippen LogP contribution is -2.52. The van der Waals surface area contributed by atoms with Gasteiger partial charge >= 0.3 is 5.97 Å². The van der Waals surface area contributed by atoms with Gasteiger partial charge in [-0.05, 0) is 45.6 Å². The molecule has 0 aromatic heterocycles. The molecule has 1 heterocycles. The molecule has 2 unspecified atom stereocenters. The van der Waals surface area contributed by atoms with Gasteiger partial charge in [-0.2, -0.15) is 0 Å². The van der Waals surface area contributed by atoms with Crippen molar-refractivity contribution in [3.63, 3.8) is 0 Å². The van der Waals surface area contributed by atoms with E-state index in [0.717, 1.165) is 58.3 Å². The maximum Gasteiger partial charge on any atom is 0.326 e. The highest BCUT2D eigenvalue weighted by Crippen LogP contribution is 2.35. The minimum Gasteiger partial charge on any atom is -0.468 e. The first-order valence-electron chi connectivity index (χ1n) is 8.34. The molecule has 2 atom stereocenters.